The van der Waals surface area contributed by atoms with Crippen molar-refractivity contribution in [2.75, 3.05) is 11.4 Å². The van der Waals surface area contributed by atoms with Crippen LogP contribution in [0.25, 0.3) is 0 Å². The van der Waals surface area contributed by atoms with Crippen molar-refractivity contribution in [3.05, 3.63) is 29.8 Å². The van der Waals surface area contributed by atoms with Crippen LogP contribution in [0.5, 0.6) is 0 Å². The highest BCUT2D eigenvalue weighted by Gasteiger charge is 2.20. The third-order valence-electron chi connectivity index (χ3n) is 3.30. The zero-order chi connectivity index (χ0) is 10.8. The summed E-state index contributed by atoms with van der Waals surface area (Å²) in [5, 5.41) is 0. The number of nitrogens with zero attached hydrogens (tertiary/aromatic N) is 1. The van der Waals surface area contributed by atoms with Crippen molar-refractivity contribution in [3.8, 4) is 0 Å². The van der Waals surface area contributed by atoms with Gasteiger partial charge in [-0.05, 0) is 44.4 Å². The maximum Gasteiger partial charge on any atom is 0.0368 e. The molecule has 2 nitrogen and oxygen atoms in total. The van der Waals surface area contributed by atoms with Gasteiger partial charge in [0.1, 0.15) is 0 Å². The number of anilines is 1. The van der Waals surface area contributed by atoms with Crippen LogP contribution in [-0.2, 0) is 0 Å². The summed E-state index contributed by atoms with van der Waals surface area (Å²) in [4.78, 5) is 2.48. The van der Waals surface area contributed by atoms with E-state index in [1.54, 1.807) is 0 Å². The van der Waals surface area contributed by atoms with Gasteiger partial charge < -0.3 is 10.6 Å². The Balaban J connectivity index is 2.16. The molecule has 0 saturated carbocycles. The minimum atomic E-state index is 0.134. The van der Waals surface area contributed by atoms with Crippen molar-refractivity contribution in [3.63, 3.8) is 0 Å². The fraction of sp³-hybridized carbons (Fsp3) is 0.538. The molecule has 0 aromatic heterocycles. The lowest BCUT2D eigenvalue weighted by Crippen LogP contribution is -2.26. The molecule has 0 radical (unpaired) electrons. The molecule has 2 atom stereocenters. The van der Waals surface area contributed by atoms with Crippen LogP contribution in [0.1, 0.15) is 38.3 Å². The molecule has 0 aliphatic carbocycles. The lowest BCUT2D eigenvalue weighted by atomic mass is 10.1. The van der Waals surface area contributed by atoms with E-state index in [9.17, 15) is 0 Å². The van der Waals surface area contributed by atoms with Gasteiger partial charge in [0, 0.05) is 24.3 Å². The first-order valence-corrected chi connectivity index (χ1v) is 5.80. The molecule has 0 bridgehead atoms. The van der Waals surface area contributed by atoms with Crippen LogP contribution >= 0.6 is 0 Å². The third kappa shape index (κ3) is 2.15. The maximum absolute atomic E-state index is 5.83. The van der Waals surface area contributed by atoms with E-state index in [1.165, 1.54) is 30.6 Å². The summed E-state index contributed by atoms with van der Waals surface area (Å²) < 4.78 is 0. The maximum atomic E-state index is 5.83. The lowest BCUT2D eigenvalue weighted by Gasteiger charge is -2.24. The van der Waals surface area contributed by atoms with Crippen LogP contribution in [0, 0.1) is 0 Å². The molecule has 1 heterocycles. The van der Waals surface area contributed by atoms with Gasteiger partial charge in [0.05, 0.1) is 0 Å². The Morgan fingerprint density at radius 2 is 2.00 bits per heavy atom. The number of rotatable bonds is 2. The molecule has 0 amide bonds. The van der Waals surface area contributed by atoms with E-state index in [0.717, 1.165) is 0 Å². The molecule has 1 aliphatic heterocycles. The number of benzene rings is 1. The van der Waals surface area contributed by atoms with Crippen LogP contribution in [-0.4, -0.2) is 12.6 Å². The molecule has 15 heavy (non-hydrogen) atoms. The van der Waals surface area contributed by atoms with Crippen LogP contribution in [0.4, 0.5) is 5.69 Å². The van der Waals surface area contributed by atoms with Crippen molar-refractivity contribution in [2.45, 2.75) is 38.8 Å². The first-order chi connectivity index (χ1) is 7.18. The summed E-state index contributed by atoms with van der Waals surface area (Å²) in [6.07, 6.45) is 2.63. The fourth-order valence-corrected chi connectivity index (χ4v) is 2.29. The van der Waals surface area contributed by atoms with Gasteiger partial charge in [-0.1, -0.05) is 12.1 Å². The second kappa shape index (κ2) is 4.23. The van der Waals surface area contributed by atoms with Crippen LogP contribution < -0.4 is 10.6 Å². The first kappa shape index (κ1) is 10.5. The summed E-state index contributed by atoms with van der Waals surface area (Å²) in [7, 11) is 0. The summed E-state index contributed by atoms with van der Waals surface area (Å²) in [5.41, 5.74) is 8.38. The second-order valence-corrected chi connectivity index (χ2v) is 4.56. The smallest absolute Gasteiger partial charge is 0.0368 e. The molecule has 2 heteroatoms. The highest BCUT2D eigenvalue weighted by atomic mass is 15.2. The lowest BCUT2D eigenvalue weighted by molar-refractivity contribution is 0.734. The Labute approximate surface area is 92.1 Å². The average molecular weight is 204 g/mol. The molecule has 2 N–H and O–H groups in total. The second-order valence-electron chi connectivity index (χ2n) is 4.56. The molecule has 1 unspecified atom stereocenters. The fourth-order valence-electron chi connectivity index (χ4n) is 2.29. The van der Waals surface area contributed by atoms with E-state index >= 15 is 0 Å². The SMILES string of the molecule is CC1CCCN1c1ccc([C@H](C)N)cc1. The van der Waals surface area contributed by atoms with Crippen molar-refractivity contribution in [1.82, 2.24) is 0 Å². The van der Waals surface area contributed by atoms with Gasteiger partial charge in [0.2, 0.25) is 0 Å². The number of nitrogens with two attached hydrogens (primary N) is 1. The molecular weight excluding hydrogens is 184 g/mol. The van der Waals surface area contributed by atoms with Gasteiger partial charge in [-0.2, -0.15) is 0 Å². The van der Waals surface area contributed by atoms with E-state index < -0.39 is 0 Å². The molecule has 2 rings (SSSR count). The Kier molecular flexibility index (Phi) is 2.96. The van der Waals surface area contributed by atoms with Crippen LogP contribution in [0.15, 0.2) is 24.3 Å². The first-order valence-electron chi connectivity index (χ1n) is 5.80. The molecular formula is C13H20N2. The Morgan fingerprint density at radius 3 is 2.47 bits per heavy atom. The summed E-state index contributed by atoms with van der Waals surface area (Å²) in [6, 6.07) is 9.50. The normalized spacial score (nSPS) is 23.1. The molecule has 82 valence electrons. The van der Waals surface area contributed by atoms with E-state index in [2.05, 4.69) is 36.1 Å². The van der Waals surface area contributed by atoms with Gasteiger partial charge in [-0.25, -0.2) is 0 Å². The van der Waals surface area contributed by atoms with Crippen molar-refractivity contribution in [1.29, 1.82) is 0 Å². The topological polar surface area (TPSA) is 29.3 Å². The molecule has 1 aromatic rings. The Bertz CT molecular complexity index is 316. The quantitative estimate of drug-likeness (QED) is 0.802. The predicted molar refractivity (Wildman–Crippen MR) is 65.1 cm³/mol. The highest BCUT2D eigenvalue weighted by molar-refractivity contribution is 5.49. The number of hydrogen-bond donors (Lipinski definition) is 1. The molecule has 0 spiro atoms. The third-order valence-corrected chi connectivity index (χ3v) is 3.30. The molecule has 1 saturated heterocycles. The van der Waals surface area contributed by atoms with Gasteiger partial charge in [0.15, 0.2) is 0 Å². The monoisotopic (exact) mass is 204 g/mol. The van der Waals surface area contributed by atoms with Crippen molar-refractivity contribution in [2.24, 2.45) is 5.73 Å². The minimum Gasteiger partial charge on any atom is -0.369 e. The van der Waals surface area contributed by atoms with E-state index in [4.69, 9.17) is 5.73 Å². The van der Waals surface area contributed by atoms with E-state index in [0.29, 0.717) is 6.04 Å². The van der Waals surface area contributed by atoms with E-state index in [1.807, 2.05) is 6.92 Å². The summed E-state index contributed by atoms with van der Waals surface area (Å²) in [6.45, 7) is 5.51. The van der Waals surface area contributed by atoms with Crippen LogP contribution in [0.2, 0.25) is 0 Å². The minimum absolute atomic E-state index is 0.134. The van der Waals surface area contributed by atoms with Crippen molar-refractivity contribution < 1.29 is 0 Å². The average Bonchev–Trinajstić information content (AvgIpc) is 2.65. The number of hydrogen-bond acceptors (Lipinski definition) is 2. The zero-order valence-electron chi connectivity index (χ0n) is 9.61. The van der Waals surface area contributed by atoms with Gasteiger partial charge in [0.25, 0.3) is 0 Å². The zero-order valence-corrected chi connectivity index (χ0v) is 9.61. The summed E-state index contributed by atoms with van der Waals surface area (Å²) >= 11 is 0. The van der Waals surface area contributed by atoms with Crippen molar-refractivity contribution >= 4 is 5.69 Å². The largest absolute Gasteiger partial charge is 0.369 e. The van der Waals surface area contributed by atoms with Gasteiger partial charge >= 0.3 is 0 Å². The molecule has 1 aromatic carbocycles. The predicted octanol–water partition coefficient (Wildman–Crippen LogP) is 2.70. The Morgan fingerprint density at radius 1 is 1.33 bits per heavy atom. The van der Waals surface area contributed by atoms with Crippen LogP contribution in [0.3, 0.4) is 0 Å². The molecule has 1 aliphatic rings. The summed E-state index contributed by atoms with van der Waals surface area (Å²) in [5.74, 6) is 0. The van der Waals surface area contributed by atoms with Gasteiger partial charge in [-0.15, -0.1) is 0 Å². The van der Waals surface area contributed by atoms with E-state index in [-0.39, 0.29) is 6.04 Å². The highest BCUT2D eigenvalue weighted by Crippen LogP contribution is 2.26. The molecule has 1 fully saturated rings. The van der Waals surface area contributed by atoms with Gasteiger partial charge in [-0.3, -0.25) is 0 Å². The Hall–Kier alpha value is -1.02. The standard InChI is InChI=1S/C13H20N2/c1-10-4-3-9-15(10)13-7-5-12(6-8-13)11(2)14/h5-8,10-11H,3-4,9,14H2,1-2H3/t10?,11-/m0/s1.